The van der Waals surface area contributed by atoms with Crippen molar-refractivity contribution in [2.75, 3.05) is 0 Å². The van der Waals surface area contributed by atoms with E-state index in [1.165, 1.54) is 6.07 Å². The normalized spacial score (nSPS) is 11.2. The van der Waals surface area contributed by atoms with E-state index in [9.17, 15) is 22.0 Å². The molecule has 0 saturated carbocycles. The van der Waals surface area contributed by atoms with Crippen molar-refractivity contribution in [1.82, 2.24) is 15.0 Å². The van der Waals surface area contributed by atoms with Crippen molar-refractivity contribution < 1.29 is 22.0 Å². The van der Waals surface area contributed by atoms with Gasteiger partial charge in [0.15, 0.2) is 0 Å². The third kappa shape index (κ3) is 4.65. The SMILES string of the molecule is CC.NCc1cc(-c2cnc(C(F)(F)F)nc2)c(C(F)F)cn1. The molecule has 0 spiro atoms. The van der Waals surface area contributed by atoms with Crippen molar-refractivity contribution in [2.45, 2.75) is 33.0 Å². The Bertz CT molecular complexity index is 626. The van der Waals surface area contributed by atoms with E-state index in [0.29, 0.717) is 5.69 Å². The molecule has 0 aromatic carbocycles. The van der Waals surface area contributed by atoms with Gasteiger partial charge in [-0.25, -0.2) is 18.7 Å². The highest BCUT2D eigenvalue weighted by Crippen LogP contribution is 2.32. The number of aromatic nitrogens is 3. The van der Waals surface area contributed by atoms with Gasteiger partial charge < -0.3 is 5.73 Å². The minimum absolute atomic E-state index is 0.00849. The fourth-order valence-electron chi connectivity index (χ4n) is 1.66. The lowest BCUT2D eigenvalue weighted by molar-refractivity contribution is -0.144. The van der Waals surface area contributed by atoms with Gasteiger partial charge >= 0.3 is 6.18 Å². The zero-order valence-electron chi connectivity index (χ0n) is 12.4. The summed E-state index contributed by atoms with van der Waals surface area (Å²) in [6.45, 7) is 4.01. The van der Waals surface area contributed by atoms with Crippen LogP contribution in [0.15, 0.2) is 24.7 Å². The Hall–Kier alpha value is -2.16. The Balaban J connectivity index is 0.00000127. The van der Waals surface area contributed by atoms with Crippen LogP contribution in [0.2, 0.25) is 0 Å². The smallest absolute Gasteiger partial charge is 0.325 e. The molecular formula is C14H15F5N4. The highest BCUT2D eigenvalue weighted by Gasteiger charge is 2.34. The second kappa shape index (κ2) is 7.91. The van der Waals surface area contributed by atoms with E-state index in [0.717, 1.165) is 18.6 Å². The molecule has 2 aromatic rings. The van der Waals surface area contributed by atoms with Crippen LogP contribution >= 0.6 is 0 Å². The summed E-state index contributed by atoms with van der Waals surface area (Å²) in [5, 5.41) is 0. The Morgan fingerprint density at radius 3 is 2.04 bits per heavy atom. The standard InChI is InChI=1S/C12H9F5N4.C2H6/c13-10(14)9-5-19-7(2-18)1-8(9)6-3-20-11(21-4-6)12(15,16)17;1-2/h1,3-5,10H,2,18H2;1-2H3. The van der Waals surface area contributed by atoms with Crippen molar-refractivity contribution >= 4 is 0 Å². The number of nitrogens with two attached hydrogens (primary N) is 1. The summed E-state index contributed by atoms with van der Waals surface area (Å²) in [5.74, 6) is -1.34. The maximum atomic E-state index is 12.9. The molecule has 2 heterocycles. The number of hydrogen-bond donors (Lipinski definition) is 1. The van der Waals surface area contributed by atoms with Gasteiger partial charge in [0.25, 0.3) is 6.43 Å². The van der Waals surface area contributed by atoms with E-state index >= 15 is 0 Å². The first-order valence-electron chi connectivity index (χ1n) is 6.69. The molecule has 4 nitrogen and oxygen atoms in total. The van der Waals surface area contributed by atoms with Crippen LogP contribution in [0.25, 0.3) is 11.1 Å². The lowest BCUT2D eigenvalue weighted by atomic mass is 10.0. The van der Waals surface area contributed by atoms with Crippen LogP contribution in [0.4, 0.5) is 22.0 Å². The summed E-state index contributed by atoms with van der Waals surface area (Å²) in [6, 6.07) is 1.29. The van der Waals surface area contributed by atoms with Gasteiger partial charge in [-0.05, 0) is 11.6 Å². The molecule has 0 unspecified atom stereocenters. The lowest BCUT2D eigenvalue weighted by Crippen LogP contribution is -2.10. The van der Waals surface area contributed by atoms with Gasteiger partial charge in [0.1, 0.15) is 0 Å². The molecule has 2 N–H and O–H groups in total. The van der Waals surface area contributed by atoms with E-state index in [4.69, 9.17) is 5.73 Å². The zero-order valence-corrected chi connectivity index (χ0v) is 12.4. The Morgan fingerprint density at radius 1 is 1.04 bits per heavy atom. The van der Waals surface area contributed by atoms with Gasteiger partial charge in [-0.3, -0.25) is 4.98 Å². The molecule has 0 radical (unpaired) electrons. The molecule has 0 saturated heterocycles. The second-order valence-corrected chi connectivity index (χ2v) is 4.06. The molecule has 0 amide bonds. The molecule has 9 heteroatoms. The molecule has 0 atom stereocenters. The molecule has 0 fully saturated rings. The first-order chi connectivity index (χ1) is 10.8. The maximum absolute atomic E-state index is 12.9. The van der Waals surface area contributed by atoms with E-state index in [1.54, 1.807) is 0 Å². The highest BCUT2D eigenvalue weighted by molar-refractivity contribution is 5.66. The quantitative estimate of drug-likeness (QED) is 0.862. The van der Waals surface area contributed by atoms with Crippen molar-refractivity contribution in [3.05, 3.63) is 41.7 Å². The molecule has 23 heavy (non-hydrogen) atoms. The molecule has 0 aliphatic rings. The monoisotopic (exact) mass is 334 g/mol. The van der Waals surface area contributed by atoms with Crippen molar-refractivity contribution in [3.63, 3.8) is 0 Å². The predicted molar refractivity (Wildman–Crippen MR) is 74.5 cm³/mol. The van der Waals surface area contributed by atoms with Crippen LogP contribution in [0.5, 0.6) is 0 Å². The first kappa shape index (κ1) is 18.9. The van der Waals surface area contributed by atoms with Gasteiger partial charge in [0, 0.05) is 36.3 Å². The maximum Gasteiger partial charge on any atom is 0.451 e. The molecule has 2 rings (SSSR count). The molecule has 0 aliphatic carbocycles. The Kier molecular flexibility index (Phi) is 6.49. The average molecular weight is 334 g/mol. The molecule has 0 aliphatic heterocycles. The number of pyridine rings is 1. The van der Waals surface area contributed by atoms with Crippen molar-refractivity contribution in [2.24, 2.45) is 5.73 Å². The summed E-state index contributed by atoms with van der Waals surface area (Å²) in [5.41, 5.74) is 5.33. The largest absolute Gasteiger partial charge is 0.451 e. The molecule has 126 valence electrons. The Labute approximate surface area is 129 Å². The third-order valence-electron chi connectivity index (χ3n) is 2.65. The lowest BCUT2D eigenvalue weighted by Gasteiger charge is -2.11. The first-order valence-corrected chi connectivity index (χ1v) is 6.69. The summed E-state index contributed by atoms with van der Waals surface area (Å²) in [6.07, 6.45) is -4.89. The van der Waals surface area contributed by atoms with Gasteiger partial charge in [-0.2, -0.15) is 13.2 Å². The number of halogens is 5. The summed E-state index contributed by atoms with van der Waals surface area (Å²) < 4.78 is 63.0. The van der Waals surface area contributed by atoms with Gasteiger partial charge in [-0.15, -0.1) is 0 Å². The van der Waals surface area contributed by atoms with Crippen LogP contribution in [0.3, 0.4) is 0 Å². The minimum Gasteiger partial charge on any atom is -0.325 e. The van der Waals surface area contributed by atoms with Gasteiger partial charge in [0.2, 0.25) is 5.82 Å². The molecule has 2 aromatic heterocycles. The van der Waals surface area contributed by atoms with E-state index in [1.807, 2.05) is 13.8 Å². The molecular weight excluding hydrogens is 319 g/mol. The number of alkyl halides is 5. The fraction of sp³-hybridized carbons (Fsp3) is 0.357. The van der Waals surface area contributed by atoms with Crippen LogP contribution in [0, 0.1) is 0 Å². The van der Waals surface area contributed by atoms with E-state index < -0.39 is 24.0 Å². The minimum atomic E-state index is -4.69. The van der Waals surface area contributed by atoms with E-state index in [-0.39, 0.29) is 17.7 Å². The van der Waals surface area contributed by atoms with Crippen LogP contribution in [0.1, 0.15) is 37.4 Å². The third-order valence-corrected chi connectivity index (χ3v) is 2.65. The number of nitrogens with zero attached hydrogens (tertiary/aromatic N) is 3. The van der Waals surface area contributed by atoms with E-state index in [2.05, 4.69) is 15.0 Å². The second-order valence-electron chi connectivity index (χ2n) is 4.06. The zero-order chi connectivity index (χ0) is 17.6. The van der Waals surface area contributed by atoms with Crippen LogP contribution in [-0.4, -0.2) is 15.0 Å². The average Bonchev–Trinajstić information content (AvgIpc) is 2.55. The number of rotatable bonds is 3. The highest BCUT2D eigenvalue weighted by atomic mass is 19.4. The van der Waals surface area contributed by atoms with Crippen molar-refractivity contribution in [3.8, 4) is 11.1 Å². The topological polar surface area (TPSA) is 64.7 Å². The van der Waals surface area contributed by atoms with Gasteiger partial charge in [0.05, 0.1) is 5.69 Å². The Morgan fingerprint density at radius 2 is 1.61 bits per heavy atom. The number of hydrogen-bond acceptors (Lipinski definition) is 4. The van der Waals surface area contributed by atoms with Crippen molar-refractivity contribution in [1.29, 1.82) is 0 Å². The predicted octanol–water partition coefficient (Wildman–Crippen LogP) is 3.98. The summed E-state index contributed by atoms with van der Waals surface area (Å²) >= 11 is 0. The molecule has 0 bridgehead atoms. The van der Waals surface area contributed by atoms with Gasteiger partial charge in [-0.1, -0.05) is 13.8 Å². The van der Waals surface area contributed by atoms with Crippen LogP contribution in [-0.2, 0) is 12.7 Å². The van der Waals surface area contributed by atoms with Crippen LogP contribution < -0.4 is 5.73 Å². The summed E-state index contributed by atoms with van der Waals surface area (Å²) in [4.78, 5) is 10.0. The summed E-state index contributed by atoms with van der Waals surface area (Å²) in [7, 11) is 0. The fourth-order valence-corrected chi connectivity index (χ4v) is 1.66.